The Kier molecular flexibility index (Phi) is 7.28. The number of piperidine rings is 1. The fraction of sp³-hybridized carbons (Fsp3) is 0.444. The maximum absolute atomic E-state index is 12.3. The summed E-state index contributed by atoms with van der Waals surface area (Å²) < 4.78 is 6.47. The molecular weight excluding hydrogens is 398 g/mol. The summed E-state index contributed by atoms with van der Waals surface area (Å²) >= 11 is 0. The van der Waals surface area contributed by atoms with Crippen LogP contribution in [0, 0.1) is 0 Å². The second-order valence-electron chi connectivity index (χ2n) is 9.23. The molecule has 0 saturated carbocycles. The van der Waals surface area contributed by atoms with Crippen molar-refractivity contribution in [3.05, 3.63) is 71.8 Å². The van der Waals surface area contributed by atoms with E-state index in [1.165, 1.54) is 11.3 Å². The lowest BCUT2D eigenvalue weighted by atomic mass is 9.88. The van der Waals surface area contributed by atoms with E-state index in [-0.39, 0.29) is 17.6 Å². The van der Waals surface area contributed by atoms with Gasteiger partial charge in [0, 0.05) is 51.5 Å². The first-order chi connectivity index (χ1) is 15.5. The van der Waals surface area contributed by atoms with Crippen LogP contribution in [0.3, 0.4) is 0 Å². The topological polar surface area (TPSA) is 44.8 Å². The van der Waals surface area contributed by atoms with Crippen LogP contribution in [-0.2, 0) is 4.74 Å². The Morgan fingerprint density at radius 1 is 1.09 bits per heavy atom. The van der Waals surface area contributed by atoms with Crippen molar-refractivity contribution in [3.63, 3.8) is 0 Å². The van der Waals surface area contributed by atoms with E-state index in [2.05, 4.69) is 65.6 Å². The molecule has 0 aliphatic carbocycles. The summed E-state index contributed by atoms with van der Waals surface area (Å²) in [6, 6.07) is 18.0. The van der Waals surface area contributed by atoms with Crippen LogP contribution in [0.2, 0.25) is 0 Å². The molecule has 0 aromatic heterocycles. The first kappa shape index (κ1) is 22.6. The van der Waals surface area contributed by atoms with Crippen LogP contribution in [-0.4, -0.2) is 62.8 Å². The van der Waals surface area contributed by atoms with Gasteiger partial charge < -0.3 is 15.0 Å². The van der Waals surface area contributed by atoms with E-state index < -0.39 is 0 Å². The van der Waals surface area contributed by atoms with Gasteiger partial charge in [-0.05, 0) is 55.5 Å². The average molecular weight is 434 g/mol. The number of amides is 1. The number of anilines is 1. The minimum atomic E-state index is -0.0203. The molecule has 4 rings (SSSR count). The van der Waals surface area contributed by atoms with Gasteiger partial charge in [-0.1, -0.05) is 42.5 Å². The fourth-order valence-corrected chi connectivity index (χ4v) is 4.67. The lowest BCUT2D eigenvalue weighted by Gasteiger charge is -2.38. The molecule has 2 heterocycles. The molecule has 2 aliphatic heterocycles. The smallest absolute Gasteiger partial charge is 0.251 e. The predicted octanol–water partition coefficient (Wildman–Crippen LogP) is 4.21. The van der Waals surface area contributed by atoms with Gasteiger partial charge in [-0.25, -0.2) is 0 Å². The van der Waals surface area contributed by atoms with Crippen molar-refractivity contribution >= 4 is 17.7 Å². The van der Waals surface area contributed by atoms with Gasteiger partial charge in [0.25, 0.3) is 5.91 Å². The van der Waals surface area contributed by atoms with Crippen molar-refractivity contribution in [2.45, 2.75) is 37.4 Å². The summed E-state index contributed by atoms with van der Waals surface area (Å²) in [5.41, 5.74) is 3.17. The number of benzene rings is 2. The van der Waals surface area contributed by atoms with Crippen molar-refractivity contribution in [2.24, 2.45) is 0 Å². The van der Waals surface area contributed by atoms with Crippen molar-refractivity contribution < 1.29 is 9.53 Å². The first-order valence-corrected chi connectivity index (χ1v) is 11.7. The molecule has 0 bridgehead atoms. The van der Waals surface area contributed by atoms with Gasteiger partial charge in [-0.2, -0.15) is 0 Å². The second-order valence-corrected chi connectivity index (χ2v) is 9.23. The lowest BCUT2D eigenvalue weighted by Crippen LogP contribution is -2.45. The normalized spacial score (nSPS) is 20.6. The Morgan fingerprint density at radius 3 is 2.50 bits per heavy atom. The molecule has 32 heavy (non-hydrogen) atoms. The summed E-state index contributed by atoms with van der Waals surface area (Å²) in [4.78, 5) is 16.9. The summed E-state index contributed by atoms with van der Waals surface area (Å²) in [6.07, 6.45) is 8.86. The maximum Gasteiger partial charge on any atom is 0.251 e. The van der Waals surface area contributed by atoms with E-state index in [1.807, 2.05) is 30.3 Å². The number of nitrogens with one attached hydrogen (secondary N) is 1. The zero-order valence-corrected chi connectivity index (χ0v) is 19.3. The minimum absolute atomic E-state index is 0.00433. The van der Waals surface area contributed by atoms with Crippen LogP contribution in [0.15, 0.2) is 60.7 Å². The number of likely N-dealkylation sites (tertiary alicyclic amines) is 1. The maximum atomic E-state index is 12.3. The highest BCUT2D eigenvalue weighted by molar-refractivity contribution is 5.94. The zero-order valence-electron chi connectivity index (χ0n) is 19.3. The van der Waals surface area contributed by atoms with E-state index in [9.17, 15) is 4.79 Å². The molecule has 5 heteroatoms. The highest BCUT2D eigenvalue weighted by Crippen LogP contribution is 2.38. The highest BCUT2D eigenvalue weighted by atomic mass is 16.5. The second kappa shape index (κ2) is 10.3. The molecule has 1 amide bonds. The van der Waals surface area contributed by atoms with Gasteiger partial charge in [0.2, 0.25) is 0 Å². The standard InChI is InChI=1S/C27H35N3O2/c1-29(2)24-12-10-22(11-13-24)7-6-18-30-19-16-27(17-20-30)15-14-25(32-27)21-28-26(31)23-8-4-3-5-9-23/h3-13,25H,14-21H2,1-2H3,(H,28,31)/b7-6+. The third kappa shape index (κ3) is 5.78. The van der Waals surface area contributed by atoms with E-state index in [4.69, 9.17) is 4.74 Å². The number of rotatable bonds is 7. The largest absolute Gasteiger partial charge is 0.378 e. The minimum Gasteiger partial charge on any atom is -0.378 e. The summed E-state index contributed by atoms with van der Waals surface area (Å²) in [5, 5.41) is 3.04. The fourth-order valence-electron chi connectivity index (χ4n) is 4.67. The summed E-state index contributed by atoms with van der Waals surface area (Å²) in [5.74, 6) is -0.0203. The van der Waals surface area contributed by atoms with Gasteiger partial charge in [-0.15, -0.1) is 0 Å². The van der Waals surface area contributed by atoms with E-state index in [0.717, 1.165) is 45.3 Å². The van der Waals surface area contributed by atoms with Gasteiger partial charge in [-0.3, -0.25) is 9.69 Å². The highest BCUT2D eigenvalue weighted by Gasteiger charge is 2.42. The van der Waals surface area contributed by atoms with Crippen LogP contribution in [0.5, 0.6) is 0 Å². The summed E-state index contributed by atoms with van der Waals surface area (Å²) in [7, 11) is 4.12. The Morgan fingerprint density at radius 2 is 1.81 bits per heavy atom. The molecule has 2 aromatic rings. The Hall–Kier alpha value is -2.63. The van der Waals surface area contributed by atoms with Crippen LogP contribution < -0.4 is 10.2 Å². The molecular formula is C27H35N3O2. The van der Waals surface area contributed by atoms with Crippen LogP contribution >= 0.6 is 0 Å². The number of hydrogen-bond donors (Lipinski definition) is 1. The number of carbonyl (C=O) groups excluding carboxylic acids is 1. The van der Waals surface area contributed by atoms with Gasteiger partial charge in [0.15, 0.2) is 0 Å². The Balaban J connectivity index is 1.18. The van der Waals surface area contributed by atoms with Crippen LogP contribution in [0.1, 0.15) is 41.6 Å². The van der Waals surface area contributed by atoms with E-state index in [1.54, 1.807) is 0 Å². The summed E-state index contributed by atoms with van der Waals surface area (Å²) in [6.45, 7) is 3.69. The molecule has 1 unspecified atom stereocenters. The zero-order chi connectivity index (χ0) is 22.4. The molecule has 1 spiro atoms. The Bertz CT molecular complexity index is 900. The number of ether oxygens (including phenoxy) is 1. The molecule has 2 saturated heterocycles. The molecule has 170 valence electrons. The van der Waals surface area contributed by atoms with E-state index in [0.29, 0.717) is 12.1 Å². The molecule has 2 aromatic carbocycles. The predicted molar refractivity (Wildman–Crippen MR) is 131 cm³/mol. The molecule has 0 radical (unpaired) electrons. The number of hydrogen-bond acceptors (Lipinski definition) is 4. The molecule has 2 fully saturated rings. The van der Waals surface area contributed by atoms with Crippen molar-refractivity contribution in [1.82, 2.24) is 10.2 Å². The third-order valence-corrected chi connectivity index (χ3v) is 6.72. The average Bonchev–Trinajstić information content (AvgIpc) is 3.22. The van der Waals surface area contributed by atoms with Crippen molar-refractivity contribution in [1.29, 1.82) is 0 Å². The van der Waals surface area contributed by atoms with E-state index >= 15 is 0 Å². The molecule has 1 N–H and O–H groups in total. The van der Waals surface area contributed by atoms with Gasteiger partial charge in [0.1, 0.15) is 0 Å². The van der Waals surface area contributed by atoms with Crippen molar-refractivity contribution in [3.8, 4) is 0 Å². The van der Waals surface area contributed by atoms with Gasteiger partial charge in [0.05, 0.1) is 11.7 Å². The molecule has 5 nitrogen and oxygen atoms in total. The SMILES string of the molecule is CN(C)c1ccc(/C=C/CN2CCC3(CCC(CNC(=O)c4ccccc4)O3)CC2)cc1. The van der Waals surface area contributed by atoms with Crippen LogP contribution in [0.4, 0.5) is 5.69 Å². The quantitative estimate of drug-likeness (QED) is 0.711. The molecule has 2 aliphatic rings. The number of carbonyl (C=O) groups is 1. The monoisotopic (exact) mass is 433 g/mol. The van der Waals surface area contributed by atoms with Crippen molar-refractivity contribution in [2.75, 3.05) is 45.2 Å². The number of nitrogens with zero attached hydrogens (tertiary/aromatic N) is 2. The lowest BCUT2D eigenvalue weighted by molar-refractivity contribution is -0.0740. The van der Waals surface area contributed by atoms with Crippen LogP contribution in [0.25, 0.3) is 6.08 Å². The van der Waals surface area contributed by atoms with Gasteiger partial charge >= 0.3 is 0 Å². The third-order valence-electron chi connectivity index (χ3n) is 6.72. The Labute approximate surface area is 192 Å². The first-order valence-electron chi connectivity index (χ1n) is 11.7. The molecule has 1 atom stereocenters.